The van der Waals surface area contributed by atoms with Gasteiger partial charge < -0.3 is 24.4 Å². The number of nitrogens with one attached hydrogen (secondary N) is 1. The number of urea groups is 1. The van der Waals surface area contributed by atoms with E-state index >= 15 is 0 Å². The van der Waals surface area contributed by atoms with Crippen LogP contribution in [0.3, 0.4) is 0 Å². The number of hydrogen-bond donors (Lipinski definition) is 1. The summed E-state index contributed by atoms with van der Waals surface area (Å²) in [6, 6.07) is 11.2. The zero-order valence-electron chi connectivity index (χ0n) is 15.4. The molecule has 27 heavy (non-hydrogen) atoms. The van der Waals surface area contributed by atoms with E-state index in [9.17, 15) is 9.18 Å². The Kier molecular flexibility index (Phi) is 6.01. The fourth-order valence-corrected chi connectivity index (χ4v) is 2.91. The minimum Gasteiger partial charge on any atom is -0.492 e. The van der Waals surface area contributed by atoms with Gasteiger partial charge in [0.25, 0.3) is 0 Å². The van der Waals surface area contributed by atoms with Gasteiger partial charge in [-0.05, 0) is 43.7 Å². The molecule has 1 aliphatic rings. The van der Waals surface area contributed by atoms with Crippen molar-refractivity contribution in [1.82, 2.24) is 10.2 Å². The van der Waals surface area contributed by atoms with Crippen LogP contribution >= 0.6 is 0 Å². The number of amides is 2. The van der Waals surface area contributed by atoms with Crippen LogP contribution in [0.2, 0.25) is 0 Å². The van der Waals surface area contributed by atoms with Crippen LogP contribution in [-0.2, 0) is 0 Å². The van der Waals surface area contributed by atoms with Crippen molar-refractivity contribution in [3.8, 4) is 17.2 Å². The maximum absolute atomic E-state index is 13.1. The summed E-state index contributed by atoms with van der Waals surface area (Å²) in [5.41, 5.74) is 0.880. The lowest BCUT2D eigenvalue weighted by molar-refractivity contribution is 0.173. The largest absolute Gasteiger partial charge is 0.492 e. The van der Waals surface area contributed by atoms with E-state index in [1.807, 2.05) is 13.8 Å². The van der Waals surface area contributed by atoms with Crippen LogP contribution in [0, 0.1) is 5.82 Å². The molecule has 6 nitrogen and oxygen atoms in total. The second kappa shape index (κ2) is 8.62. The molecule has 3 rings (SSSR count). The SMILES string of the molecule is CCN(C(=O)NCCOc1ccc2c(c1)OCO2)C(C)c1ccc(F)cc1. The summed E-state index contributed by atoms with van der Waals surface area (Å²) in [5.74, 6) is 1.71. The van der Waals surface area contributed by atoms with E-state index in [4.69, 9.17) is 14.2 Å². The Morgan fingerprint density at radius 3 is 2.70 bits per heavy atom. The van der Waals surface area contributed by atoms with Gasteiger partial charge in [-0.2, -0.15) is 0 Å². The Bertz CT molecular complexity index is 782. The molecule has 1 heterocycles. The normalized spacial score (nSPS) is 13.1. The van der Waals surface area contributed by atoms with Gasteiger partial charge in [-0.1, -0.05) is 12.1 Å². The van der Waals surface area contributed by atoms with E-state index in [1.54, 1.807) is 35.2 Å². The van der Waals surface area contributed by atoms with Crippen molar-refractivity contribution >= 4 is 6.03 Å². The van der Waals surface area contributed by atoms with E-state index in [0.29, 0.717) is 36.9 Å². The summed E-state index contributed by atoms with van der Waals surface area (Å²) in [4.78, 5) is 14.2. The van der Waals surface area contributed by atoms with Crippen LogP contribution in [0.1, 0.15) is 25.5 Å². The first-order chi connectivity index (χ1) is 13.1. The molecule has 2 aromatic rings. The lowest BCUT2D eigenvalue weighted by Crippen LogP contribution is -2.42. The van der Waals surface area contributed by atoms with Gasteiger partial charge in [-0.3, -0.25) is 0 Å². The number of hydrogen-bond acceptors (Lipinski definition) is 4. The molecule has 1 atom stereocenters. The summed E-state index contributed by atoms with van der Waals surface area (Å²) in [6.45, 7) is 5.26. The summed E-state index contributed by atoms with van der Waals surface area (Å²) in [6.07, 6.45) is 0. The first-order valence-corrected chi connectivity index (χ1v) is 8.91. The quantitative estimate of drug-likeness (QED) is 0.751. The number of fused-ring (bicyclic) bond motifs is 1. The highest BCUT2D eigenvalue weighted by molar-refractivity contribution is 5.74. The van der Waals surface area contributed by atoms with Crippen LogP contribution in [0.5, 0.6) is 17.2 Å². The third-order valence-corrected chi connectivity index (χ3v) is 4.41. The van der Waals surface area contributed by atoms with E-state index in [2.05, 4.69) is 5.32 Å². The average Bonchev–Trinajstić information content (AvgIpc) is 3.14. The lowest BCUT2D eigenvalue weighted by Gasteiger charge is -2.28. The molecule has 144 valence electrons. The second-order valence-corrected chi connectivity index (χ2v) is 6.11. The topological polar surface area (TPSA) is 60.0 Å². The molecule has 0 radical (unpaired) electrons. The van der Waals surface area contributed by atoms with Crippen LogP contribution in [0.15, 0.2) is 42.5 Å². The number of carbonyl (C=O) groups is 1. The van der Waals surface area contributed by atoms with Gasteiger partial charge in [0.1, 0.15) is 18.2 Å². The van der Waals surface area contributed by atoms with Crippen LogP contribution in [0.4, 0.5) is 9.18 Å². The Morgan fingerprint density at radius 2 is 1.96 bits per heavy atom. The smallest absolute Gasteiger partial charge is 0.318 e. The zero-order valence-corrected chi connectivity index (χ0v) is 15.4. The van der Waals surface area contributed by atoms with Crippen LogP contribution in [-0.4, -0.2) is 37.4 Å². The zero-order chi connectivity index (χ0) is 19.2. The van der Waals surface area contributed by atoms with Crippen molar-refractivity contribution in [3.05, 3.63) is 53.8 Å². The van der Waals surface area contributed by atoms with E-state index in [1.165, 1.54) is 12.1 Å². The molecule has 1 aliphatic heterocycles. The molecule has 0 fully saturated rings. The van der Waals surface area contributed by atoms with Gasteiger partial charge in [0.15, 0.2) is 11.5 Å². The van der Waals surface area contributed by atoms with Gasteiger partial charge in [0, 0.05) is 12.6 Å². The molecule has 0 aliphatic carbocycles. The summed E-state index contributed by atoms with van der Waals surface area (Å²) >= 11 is 0. The minimum absolute atomic E-state index is 0.162. The van der Waals surface area contributed by atoms with Crippen molar-refractivity contribution in [2.24, 2.45) is 0 Å². The summed E-state index contributed by atoms with van der Waals surface area (Å²) < 4.78 is 29.3. The fraction of sp³-hybridized carbons (Fsp3) is 0.350. The molecule has 0 saturated carbocycles. The third kappa shape index (κ3) is 4.61. The standard InChI is InChI=1S/C20H23FN2O4/c1-3-23(14(2)15-4-6-16(21)7-5-15)20(24)22-10-11-25-17-8-9-18-19(12-17)27-13-26-18/h4-9,12,14H,3,10-11,13H2,1-2H3,(H,22,24). The fourth-order valence-electron chi connectivity index (χ4n) is 2.91. The van der Waals surface area contributed by atoms with E-state index < -0.39 is 0 Å². The highest BCUT2D eigenvalue weighted by Gasteiger charge is 2.19. The Hall–Kier alpha value is -2.96. The monoisotopic (exact) mass is 374 g/mol. The first kappa shape index (κ1) is 18.8. The maximum Gasteiger partial charge on any atom is 0.318 e. The molecule has 0 bridgehead atoms. The van der Waals surface area contributed by atoms with Crippen molar-refractivity contribution in [2.75, 3.05) is 26.5 Å². The van der Waals surface area contributed by atoms with Gasteiger partial charge in [0.2, 0.25) is 6.79 Å². The molecule has 0 aromatic heterocycles. The van der Waals surface area contributed by atoms with Gasteiger partial charge in [-0.15, -0.1) is 0 Å². The molecule has 7 heteroatoms. The van der Waals surface area contributed by atoms with Crippen molar-refractivity contribution in [1.29, 1.82) is 0 Å². The molecule has 2 aromatic carbocycles. The van der Waals surface area contributed by atoms with Crippen LogP contribution < -0.4 is 19.5 Å². The van der Waals surface area contributed by atoms with Crippen LogP contribution in [0.25, 0.3) is 0 Å². The number of nitrogens with zero attached hydrogens (tertiary/aromatic N) is 1. The van der Waals surface area contributed by atoms with Crippen molar-refractivity contribution in [3.63, 3.8) is 0 Å². The maximum atomic E-state index is 13.1. The highest BCUT2D eigenvalue weighted by Crippen LogP contribution is 2.35. The minimum atomic E-state index is -0.292. The predicted octanol–water partition coefficient (Wildman–Crippen LogP) is 3.73. The molecule has 2 amide bonds. The number of halogens is 1. The Balaban J connectivity index is 1.47. The molecular weight excluding hydrogens is 351 g/mol. The molecule has 0 saturated heterocycles. The average molecular weight is 374 g/mol. The van der Waals surface area contributed by atoms with E-state index in [-0.39, 0.29) is 24.7 Å². The molecular formula is C20H23FN2O4. The van der Waals surface area contributed by atoms with Gasteiger partial charge in [0.05, 0.1) is 12.6 Å². The highest BCUT2D eigenvalue weighted by atomic mass is 19.1. The first-order valence-electron chi connectivity index (χ1n) is 8.91. The molecule has 1 N–H and O–H groups in total. The summed E-state index contributed by atoms with van der Waals surface area (Å²) in [5, 5.41) is 2.85. The number of benzene rings is 2. The third-order valence-electron chi connectivity index (χ3n) is 4.41. The van der Waals surface area contributed by atoms with Gasteiger partial charge >= 0.3 is 6.03 Å². The number of ether oxygens (including phenoxy) is 3. The number of rotatable bonds is 7. The summed E-state index contributed by atoms with van der Waals surface area (Å²) in [7, 11) is 0. The molecule has 0 spiro atoms. The van der Waals surface area contributed by atoms with Crippen molar-refractivity contribution in [2.45, 2.75) is 19.9 Å². The lowest BCUT2D eigenvalue weighted by atomic mass is 10.1. The van der Waals surface area contributed by atoms with Crippen molar-refractivity contribution < 1.29 is 23.4 Å². The van der Waals surface area contributed by atoms with E-state index in [0.717, 1.165) is 5.56 Å². The molecule has 1 unspecified atom stereocenters. The Morgan fingerprint density at radius 1 is 1.22 bits per heavy atom. The second-order valence-electron chi connectivity index (χ2n) is 6.11. The predicted molar refractivity (Wildman–Crippen MR) is 98.7 cm³/mol. The number of carbonyl (C=O) groups excluding carboxylic acids is 1. The Labute approximate surface area is 157 Å². The van der Waals surface area contributed by atoms with Gasteiger partial charge in [-0.25, -0.2) is 9.18 Å².